The standard InChI is InChI=1S/C28H26N2O3S2/c1-27(2,3)19-8-5-17(6-9-19)15-22-25(18-7-14-23-24(16-18)30-35-29-23)26(31)33-28(22,32)20-10-12-21(34-4)13-11-20/h5-14,16,32H,15H2,1-4H3. The first-order valence-corrected chi connectivity index (χ1v) is 13.3. The lowest BCUT2D eigenvalue weighted by molar-refractivity contribution is -0.185. The van der Waals surface area contributed by atoms with Gasteiger partial charge in [-0.1, -0.05) is 63.2 Å². The minimum Gasteiger partial charge on any atom is -0.421 e. The van der Waals surface area contributed by atoms with Crippen molar-refractivity contribution >= 4 is 46.1 Å². The number of aliphatic hydroxyl groups is 1. The Labute approximate surface area is 213 Å². The molecule has 0 spiro atoms. The molecule has 1 atom stereocenters. The lowest BCUT2D eigenvalue weighted by Crippen LogP contribution is -2.29. The van der Waals surface area contributed by atoms with E-state index in [2.05, 4.69) is 53.8 Å². The second-order valence-electron chi connectivity index (χ2n) is 9.71. The molecule has 1 aliphatic rings. The fraction of sp³-hybridized carbons (Fsp3) is 0.250. The molecule has 4 aromatic rings. The highest BCUT2D eigenvalue weighted by atomic mass is 32.2. The number of carbonyl (C=O) groups is 1. The fourth-order valence-corrected chi connectivity index (χ4v) is 5.28. The third-order valence-corrected chi connectivity index (χ3v) is 7.68. The minimum absolute atomic E-state index is 0.0339. The van der Waals surface area contributed by atoms with Crippen LogP contribution >= 0.6 is 23.5 Å². The first kappa shape index (κ1) is 23.7. The van der Waals surface area contributed by atoms with E-state index in [-0.39, 0.29) is 5.41 Å². The van der Waals surface area contributed by atoms with Crippen LogP contribution in [0.1, 0.15) is 43.0 Å². The minimum atomic E-state index is -1.86. The van der Waals surface area contributed by atoms with E-state index in [1.54, 1.807) is 11.8 Å². The topological polar surface area (TPSA) is 72.3 Å². The Bertz CT molecular complexity index is 1430. The molecule has 0 radical (unpaired) electrons. The molecule has 2 heterocycles. The molecule has 0 aliphatic carbocycles. The van der Waals surface area contributed by atoms with Crippen molar-refractivity contribution in [2.24, 2.45) is 0 Å². The Morgan fingerprint density at radius 1 is 0.971 bits per heavy atom. The molecule has 5 nitrogen and oxygen atoms in total. The summed E-state index contributed by atoms with van der Waals surface area (Å²) in [6.07, 6.45) is 2.35. The van der Waals surface area contributed by atoms with Crippen molar-refractivity contribution in [3.05, 3.63) is 94.6 Å². The Hall–Kier alpha value is -3.00. The van der Waals surface area contributed by atoms with E-state index in [1.807, 2.05) is 48.7 Å². The highest BCUT2D eigenvalue weighted by Crippen LogP contribution is 2.45. The van der Waals surface area contributed by atoms with Crippen molar-refractivity contribution in [1.29, 1.82) is 0 Å². The number of fused-ring (bicyclic) bond motifs is 1. The van der Waals surface area contributed by atoms with Crippen LogP contribution in [0.5, 0.6) is 0 Å². The van der Waals surface area contributed by atoms with Gasteiger partial charge < -0.3 is 9.84 Å². The number of carbonyl (C=O) groups excluding carboxylic acids is 1. The van der Waals surface area contributed by atoms with Gasteiger partial charge in [-0.2, -0.15) is 8.75 Å². The number of ether oxygens (including phenoxy) is 1. The van der Waals surface area contributed by atoms with Gasteiger partial charge in [0.15, 0.2) is 0 Å². The number of nitrogens with zero attached hydrogens (tertiary/aromatic N) is 2. The summed E-state index contributed by atoms with van der Waals surface area (Å²) in [7, 11) is 0. The van der Waals surface area contributed by atoms with Crippen LogP contribution in [0.25, 0.3) is 16.6 Å². The number of hydrogen-bond donors (Lipinski definition) is 1. The number of thioether (sulfide) groups is 1. The summed E-state index contributed by atoms with van der Waals surface area (Å²) in [5, 5.41) is 11.9. The SMILES string of the molecule is CSc1ccc(C2(O)OC(=O)C(c3ccc4nsnc4c3)=C2Cc2ccc(C(C)(C)C)cc2)cc1. The number of benzene rings is 3. The van der Waals surface area contributed by atoms with Crippen molar-refractivity contribution in [2.75, 3.05) is 6.26 Å². The number of hydrogen-bond acceptors (Lipinski definition) is 7. The zero-order valence-corrected chi connectivity index (χ0v) is 21.7. The maximum atomic E-state index is 13.3. The van der Waals surface area contributed by atoms with Gasteiger partial charge in [0.05, 0.1) is 17.3 Å². The zero-order valence-electron chi connectivity index (χ0n) is 20.0. The third kappa shape index (κ3) is 4.40. The number of aromatic nitrogens is 2. The van der Waals surface area contributed by atoms with Crippen LogP contribution in [0.3, 0.4) is 0 Å². The number of rotatable bonds is 5. The van der Waals surface area contributed by atoms with Gasteiger partial charge in [-0.25, -0.2) is 4.79 Å². The molecule has 35 heavy (non-hydrogen) atoms. The Morgan fingerprint density at radius 3 is 2.31 bits per heavy atom. The van der Waals surface area contributed by atoms with Crippen LogP contribution in [0.4, 0.5) is 0 Å². The largest absolute Gasteiger partial charge is 0.421 e. The monoisotopic (exact) mass is 502 g/mol. The fourth-order valence-electron chi connectivity index (χ4n) is 4.35. The van der Waals surface area contributed by atoms with Crippen LogP contribution in [0.2, 0.25) is 0 Å². The van der Waals surface area contributed by atoms with Gasteiger partial charge in [0, 0.05) is 22.5 Å². The van der Waals surface area contributed by atoms with Crippen LogP contribution in [-0.2, 0) is 27.2 Å². The number of esters is 1. The Morgan fingerprint density at radius 2 is 1.66 bits per heavy atom. The summed E-state index contributed by atoms with van der Waals surface area (Å²) in [5.41, 5.74) is 5.80. The summed E-state index contributed by atoms with van der Waals surface area (Å²) < 4.78 is 14.3. The lowest BCUT2D eigenvalue weighted by atomic mass is 9.85. The van der Waals surface area contributed by atoms with Crippen molar-refractivity contribution in [1.82, 2.24) is 8.75 Å². The summed E-state index contributed by atoms with van der Waals surface area (Å²) >= 11 is 2.74. The summed E-state index contributed by atoms with van der Waals surface area (Å²) in [6.45, 7) is 6.52. The molecule has 1 aliphatic heterocycles. The molecule has 5 rings (SSSR count). The van der Waals surface area contributed by atoms with Crippen LogP contribution in [0.15, 0.2) is 77.2 Å². The molecule has 0 saturated carbocycles. The van der Waals surface area contributed by atoms with E-state index in [0.29, 0.717) is 34.2 Å². The Balaban J connectivity index is 1.65. The van der Waals surface area contributed by atoms with Gasteiger partial charge in [0.1, 0.15) is 11.0 Å². The summed E-state index contributed by atoms with van der Waals surface area (Å²) in [5.74, 6) is -2.41. The zero-order chi connectivity index (χ0) is 24.8. The quantitative estimate of drug-likeness (QED) is 0.262. The van der Waals surface area contributed by atoms with Gasteiger partial charge in [0.2, 0.25) is 0 Å². The molecular formula is C28H26N2O3S2. The van der Waals surface area contributed by atoms with E-state index >= 15 is 0 Å². The van der Waals surface area contributed by atoms with Gasteiger partial charge in [-0.3, -0.25) is 0 Å². The van der Waals surface area contributed by atoms with Crippen molar-refractivity contribution in [2.45, 2.75) is 43.3 Å². The molecule has 3 aromatic carbocycles. The molecule has 0 amide bonds. The Kier molecular flexibility index (Phi) is 6.03. The van der Waals surface area contributed by atoms with E-state index in [4.69, 9.17) is 4.74 Å². The maximum absolute atomic E-state index is 13.3. The molecule has 1 unspecified atom stereocenters. The number of cyclic esters (lactones) is 1. The van der Waals surface area contributed by atoms with Crippen LogP contribution in [-0.4, -0.2) is 26.1 Å². The van der Waals surface area contributed by atoms with Gasteiger partial charge in [0.25, 0.3) is 5.79 Å². The second kappa shape index (κ2) is 8.90. The van der Waals surface area contributed by atoms with E-state index in [1.165, 1.54) is 5.56 Å². The van der Waals surface area contributed by atoms with Gasteiger partial charge in [-0.05, 0) is 52.6 Å². The molecule has 178 valence electrons. The average Bonchev–Trinajstić information content (AvgIpc) is 3.40. The molecule has 1 aromatic heterocycles. The van der Waals surface area contributed by atoms with Crippen molar-refractivity contribution in [3.63, 3.8) is 0 Å². The molecular weight excluding hydrogens is 476 g/mol. The highest BCUT2D eigenvalue weighted by molar-refractivity contribution is 7.98. The lowest BCUT2D eigenvalue weighted by Gasteiger charge is -2.26. The molecule has 1 N–H and O–H groups in total. The summed E-state index contributed by atoms with van der Waals surface area (Å²) in [4.78, 5) is 14.3. The van der Waals surface area contributed by atoms with E-state index < -0.39 is 11.8 Å². The van der Waals surface area contributed by atoms with Gasteiger partial charge >= 0.3 is 5.97 Å². The highest BCUT2D eigenvalue weighted by Gasteiger charge is 2.48. The molecule has 0 fully saturated rings. The molecule has 0 saturated heterocycles. The predicted molar refractivity (Wildman–Crippen MR) is 141 cm³/mol. The molecule has 0 bridgehead atoms. The van der Waals surface area contributed by atoms with Crippen LogP contribution in [0, 0.1) is 0 Å². The van der Waals surface area contributed by atoms with Crippen molar-refractivity contribution in [3.8, 4) is 0 Å². The smallest absolute Gasteiger partial charge is 0.342 e. The predicted octanol–water partition coefficient (Wildman–Crippen LogP) is 6.11. The van der Waals surface area contributed by atoms with Crippen LogP contribution < -0.4 is 0 Å². The van der Waals surface area contributed by atoms with E-state index in [9.17, 15) is 9.90 Å². The van der Waals surface area contributed by atoms with Crippen molar-refractivity contribution < 1.29 is 14.6 Å². The first-order valence-electron chi connectivity index (χ1n) is 11.3. The maximum Gasteiger partial charge on any atom is 0.342 e. The average molecular weight is 503 g/mol. The first-order chi connectivity index (χ1) is 16.7. The normalized spacial score (nSPS) is 18.4. The molecule has 7 heteroatoms. The third-order valence-electron chi connectivity index (χ3n) is 6.38. The van der Waals surface area contributed by atoms with Gasteiger partial charge in [-0.15, -0.1) is 11.8 Å². The summed E-state index contributed by atoms with van der Waals surface area (Å²) in [6, 6.07) is 21.3. The second-order valence-corrected chi connectivity index (χ2v) is 11.1. The van der Waals surface area contributed by atoms with E-state index in [0.717, 1.165) is 27.7 Å².